The first-order chi connectivity index (χ1) is 12.6. The number of aryl methyl sites for hydroxylation is 1. The van der Waals surface area contributed by atoms with Crippen molar-refractivity contribution in [2.75, 3.05) is 7.11 Å². The summed E-state index contributed by atoms with van der Waals surface area (Å²) in [7, 11) is 1.40. The Morgan fingerprint density at radius 2 is 2.12 bits per heavy atom. The molecule has 5 nitrogen and oxygen atoms in total. The number of ether oxygens (including phenoxy) is 1. The summed E-state index contributed by atoms with van der Waals surface area (Å²) in [6.07, 6.45) is 6.68. The van der Waals surface area contributed by atoms with E-state index in [-0.39, 0.29) is 5.88 Å². The molecule has 4 aromatic heterocycles. The number of hydrogen-bond donors (Lipinski definition) is 1. The van der Waals surface area contributed by atoms with Crippen molar-refractivity contribution in [1.29, 1.82) is 0 Å². The Kier molecular flexibility index (Phi) is 4.38. The van der Waals surface area contributed by atoms with E-state index in [1.807, 2.05) is 19.3 Å². The van der Waals surface area contributed by atoms with Crippen LogP contribution >= 0.6 is 11.3 Å². The van der Waals surface area contributed by atoms with Crippen molar-refractivity contribution in [3.05, 3.63) is 69.3 Å². The molecular formula is C19H16FN4OS. The molecule has 7 heteroatoms. The smallest absolute Gasteiger partial charge is 0.250 e. The molecule has 0 fully saturated rings. The summed E-state index contributed by atoms with van der Waals surface area (Å²) in [6.45, 7) is 2.03. The highest BCUT2D eigenvalue weighted by molar-refractivity contribution is 7.09. The van der Waals surface area contributed by atoms with Crippen molar-refractivity contribution in [3.8, 4) is 5.88 Å². The van der Waals surface area contributed by atoms with Crippen molar-refractivity contribution in [3.63, 3.8) is 0 Å². The van der Waals surface area contributed by atoms with Crippen LogP contribution in [0.2, 0.25) is 0 Å². The maximum atomic E-state index is 13.9. The van der Waals surface area contributed by atoms with E-state index < -0.39 is 5.82 Å². The van der Waals surface area contributed by atoms with Gasteiger partial charge >= 0.3 is 0 Å². The highest BCUT2D eigenvalue weighted by Crippen LogP contribution is 2.25. The van der Waals surface area contributed by atoms with Crippen LogP contribution in [-0.2, 0) is 12.8 Å². The molecule has 0 atom stereocenters. The molecule has 0 aromatic carbocycles. The van der Waals surface area contributed by atoms with Gasteiger partial charge in [-0.05, 0) is 35.7 Å². The molecule has 0 unspecified atom stereocenters. The number of thiazole rings is 1. The second-order valence-electron chi connectivity index (χ2n) is 6.09. The molecule has 0 saturated heterocycles. The number of H-pyrrole nitrogens is 1. The Labute approximate surface area is 153 Å². The van der Waals surface area contributed by atoms with Gasteiger partial charge in [-0.15, -0.1) is 11.3 Å². The number of aromatic nitrogens is 4. The number of pyridine rings is 2. The summed E-state index contributed by atoms with van der Waals surface area (Å²) >= 11 is 1.48. The number of nitrogens with one attached hydrogen (secondary N) is 1. The van der Waals surface area contributed by atoms with Gasteiger partial charge in [-0.1, -0.05) is 0 Å². The lowest BCUT2D eigenvalue weighted by molar-refractivity contribution is 0.368. The SMILES string of the molecule is COc1ncc(Cc2n[c]sc2Cc2c[nH]c3ncc(C)cc23)cc1F. The number of hydrogen-bond acceptors (Lipinski definition) is 5. The lowest BCUT2D eigenvalue weighted by Gasteiger charge is -2.05. The van der Waals surface area contributed by atoms with Crippen molar-refractivity contribution in [2.45, 2.75) is 19.8 Å². The van der Waals surface area contributed by atoms with Gasteiger partial charge in [0.25, 0.3) is 0 Å². The highest BCUT2D eigenvalue weighted by Gasteiger charge is 2.13. The number of methoxy groups -OCH3 is 1. The molecule has 4 aromatic rings. The van der Waals surface area contributed by atoms with Crippen molar-refractivity contribution in [2.24, 2.45) is 0 Å². The molecule has 4 heterocycles. The molecule has 0 saturated carbocycles. The Morgan fingerprint density at radius 1 is 1.23 bits per heavy atom. The zero-order chi connectivity index (χ0) is 18.1. The molecule has 0 aliphatic rings. The quantitative estimate of drug-likeness (QED) is 0.582. The predicted octanol–water partition coefficient (Wildman–Crippen LogP) is 3.85. The van der Waals surface area contributed by atoms with Crippen molar-refractivity contribution >= 4 is 22.4 Å². The standard InChI is InChI=1S/C19H16FN4OS/c1-11-3-14-13(9-22-18(14)21-7-11)6-17-16(24-10-26-17)5-12-4-15(20)19(25-2)23-8-12/h3-4,7-9H,5-6H2,1-2H3,(H,21,22). The minimum Gasteiger partial charge on any atom is -0.479 e. The normalized spacial score (nSPS) is 11.2. The summed E-state index contributed by atoms with van der Waals surface area (Å²) in [6, 6.07) is 3.56. The van der Waals surface area contributed by atoms with Gasteiger partial charge in [-0.3, -0.25) is 0 Å². The third-order valence-electron chi connectivity index (χ3n) is 4.20. The van der Waals surface area contributed by atoms with Crippen molar-refractivity contribution < 1.29 is 9.13 Å². The first kappa shape index (κ1) is 16.7. The van der Waals surface area contributed by atoms with Crippen LogP contribution in [0.3, 0.4) is 0 Å². The van der Waals surface area contributed by atoms with Gasteiger partial charge in [0.2, 0.25) is 5.88 Å². The van der Waals surface area contributed by atoms with Crippen LogP contribution in [0.25, 0.3) is 11.0 Å². The Hall–Kier alpha value is -2.80. The molecule has 131 valence electrons. The summed E-state index contributed by atoms with van der Waals surface area (Å²) in [5.41, 5.74) is 7.75. The number of rotatable bonds is 5. The van der Waals surface area contributed by atoms with E-state index in [2.05, 4.69) is 31.5 Å². The first-order valence-corrected chi connectivity index (χ1v) is 8.91. The van der Waals surface area contributed by atoms with E-state index in [0.717, 1.165) is 44.7 Å². The van der Waals surface area contributed by atoms with Crippen LogP contribution in [0.15, 0.2) is 30.7 Å². The van der Waals surface area contributed by atoms with Gasteiger partial charge < -0.3 is 9.72 Å². The Bertz CT molecular complexity index is 1070. The van der Waals surface area contributed by atoms with E-state index in [9.17, 15) is 4.39 Å². The summed E-state index contributed by atoms with van der Waals surface area (Å²) < 4.78 is 18.7. The van der Waals surface area contributed by atoms with Crippen LogP contribution in [0.5, 0.6) is 5.88 Å². The van der Waals surface area contributed by atoms with Gasteiger partial charge in [0.15, 0.2) is 11.3 Å². The first-order valence-electron chi connectivity index (χ1n) is 8.09. The van der Waals surface area contributed by atoms with Crippen LogP contribution in [0.1, 0.15) is 27.3 Å². The Balaban J connectivity index is 1.60. The lowest BCUT2D eigenvalue weighted by Crippen LogP contribution is -1.98. The fourth-order valence-electron chi connectivity index (χ4n) is 2.92. The van der Waals surface area contributed by atoms with Crippen LogP contribution < -0.4 is 4.74 Å². The third-order valence-corrected chi connectivity index (χ3v) is 5.01. The van der Waals surface area contributed by atoms with Crippen LogP contribution in [0, 0.1) is 18.3 Å². The maximum absolute atomic E-state index is 13.9. The fourth-order valence-corrected chi connectivity index (χ4v) is 3.65. The average molecular weight is 367 g/mol. The molecule has 0 aliphatic carbocycles. The van der Waals surface area contributed by atoms with Gasteiger partial charge in [0, 0.05) is 41.7 Å². The van der Waals surface area contributed by atoms with Gasteiger partial charge in [-0.25, -0.2) is 19.3 Å². The second-order valence-corrected chi connectivity index (χ2v) is 6.97. The average Bonchev–Trinajstić information content (AvgIpc) is 3.23. The predicted molar refractivity (Wildman–Crippen MR) is 98.1 cm³/mol. The zero-order valence-electron chi connectivity index (χ0n) is 14.3. The molecule has 0 bridgehead atoms. The van der Waals surface area contributed by atoms with Gasteiger partial charge in [0.1, 0.15) is 5.65 Å². The van der Waals surface area contributed by atoms with Crippen molar-refractivity contribution in [1.82, 2.24) is 19.9 Å². The largest absolute Gasteiger partial charge is 0.479 e. The summed E-state index contributed by atoms with van der Waals surface area (Å²) in [5.74, 6) is -0.468. The fraction of sp³-hybridized carbons (Fsp3) is 0.211. The molecule has 0 aliphatic heterocycles. The van der Waals surface area contributed by atoms with E-state index in [1.165, 1.54) is 24.5 Å². The van der Waals surface area contributed by atoms with Gasteiger partial charge in [-0.2, -0.15) is 0 Å². The minimum absolute atomic E-state index is 0.000441. The number of aromatic amines is 1. The minimum atomic E-state index is -0.469. The van der Waals surface area contributed by atoms with E-state index in [0.29, 0.717) is 6.42 Å². The molecular weight excluding hydrogens is 351 g/mol. The molecule has 26 heavy (non-hydrogen) atoms. The highest BCUT2D eigenvalue weighted by atomic mass is 32.1. The molecule has 4 rings (SSSR count). The molecule has 1 N–H and O–H groups in total. The van der Waals surface area contributed by atoms with E-state index >= 15 is 0 Å². The third kappa shape index (κ3) is 3.17. The topological polar surface area (TPSA) is 63.7 Å². The Morgan fingerprint density at radius 3 is 2.92 bits per heavy atom. The van der Waals surface area contributed by atoms with Crippen LogP contribution in [0.4, 0.5) is 4.39 Å². The molecule has 0 spiro atoms. The van der Waals surface area contributed by atoms with Gasteiger partial charge in [0.05, 0.1) is 12.8 Å². The monoisotopic (exact) mass is 367 g/mol. The molecule has 0 amide bonds. The van der Waals surface area contributed by atoms with Crippen LogP contribution in [-0.4, -0.2) is 27.0 Å². The lowest BCUT2D eigenvalue weighted by atomic mass is 10.1. The van der Waals surface area contributed by atoms with E-state index in [4.69, 9.17) is 4.74 Å². The molecule has 1 radical (unpaired) electrons. The number of nitrogens with zero attached hydrogens (tertiary/aromatic N) is 3. The number of halogens is 1. The summed E-state index contributed by atoms with van der Waals surface area (Å²) in [4.78, 5) is 17.1. The summed E-state index contributed by atoms with van der Waals surface area (Å²) in [5, 5.41) is 1.11. The van der Waals surface area contributed by atoms with E-state index in [1.54, 1.807) is 6.20 Å². The number of fused-ring (bicyclic) bond motifs is 1. The maximum Gasteiger partial charge on any atom is 0.250 e. The zero-order valence-corrected chi connectivity index (χ0v) is 15.2. The second kappa shape index (κ2) is 6.84.